The number of halogens is 1. The zero-order valence-electron chi connectivity index (χ0n) is 10.3. The van der Waals surface area contributed by atoms with Crippen LogP contribution in [-0.4, -0.2) is 27.3 Å². The molecule has 0 bridgehead atoms. The van der Waals surface area contributed by atoms with Crippen LogP contribution < -0.4 is 10.0 Å². The zero-order chi connectivity index (χ0) is 14.0. The summed E-state index contributed by atoms with van der Waals surface area (Å²) in [4.78, 5) is 12.4. The van der Waals surface area contributed by atoms with E-state index in [1.54, 1.807) is 4.90 Å². The van der Waals surface area contributed by atoms with Gasteiger partial charge in [0.25, 0.3) is 0 Å². The third-order valence-corrected chi connectivity index (χ3v) is 4.17. The number of carbonyl (C=O) groups excluding carboxylic acids is 1. The standard InChI is InChI=1S/C12H15FN2O3S/c13-11-7-10(19(14,17)18)4-5-12(11)15-6-2-1-3-9(15)8-16/h4-5,7-9H,1-3,6H2,(H2,14,17,18). The summed E-state index contributed by atoms with van der Waals surface area (Å²) < 4.78 is 36.3. The van der Waals surface area contributed by atoms with E-state index in [9.17, 15) is 17.6 Å². The maximum absolute atomic E-state index is 14.0. The van der Waals surface area contributed by atoms with Crippen LogP contribution in [0, 0.1) is 5.82 Å². The summed E-state index contributed by atoms with van der Waals surface area (Å²) in [5.41, 5.74) is 0.240. The molecular weight excluding hydrogens is 271 g/mol. The van der Waals surface area contributed by atoms with Gasteiger partial charge < -0.3 is 9.69 Å². The molecule has 1 heterocycles. The molecule has 104 valence electrons. The van der Waals surface area contributed by atoms with Gasteiger partial charge in [0.15, 0.2) is 0 Å². The maximum Gasteiger partial charge on any atom is 0.238 e. The Hall–Kier alpha value is -1.47. The van der Waals surface area contributed by atoms with Gasteiger partial charge in [-0.2, -0.15) is 0 Å². The molecule has 2 N–H and O–H groups in total. The van der Waals surface area contributed by atoms with Crippen LogP contribution in [0.4, 0.5) is 10.1 Å². The van der Waals surface area contributed by atoms with Crippen LogP contribution in [0.1, 0.15) is 19.3 Å². The Morgan fingerprint density at radius 2 is 2.11 bits per heavy atom. The Kier molecular flexibility index (Phi) is 3.86. The van der Waals surface area contributed by atoms with Crippen molar-refractivity contribution in [3.8, 4) is 0 Å². The van der Waals surface area contributed by atoms with E-state index in [1.807, 2.05) is 0 Å². The molecule has 1 aliphatic rings. The summed E-state index contributed by atoms with van der Waals surface area (Å²) in [5.74, 6) is -0.680. The third-order valence-electron chi connectivity index (χ3n) is 3.26. The number of sulfonamides is 1. The summed E-state index contributed by atoms with van der Waals surface area (Å²) in [7, 11) is -3.92. The lowest BCUT2D eigenvalue weighted by Crippen LogP contribution is -2.41. The molecule has 0 aliphatic carbocycles. The van der Waals surface area contributed by atoms with E-state index in [0.717, 1.165) is 25.2 Å². The number of benzene rings is 1. The Labute approximate surface area is 111 Å². The van der Waals surface area contributed by atoms with Gasteiger partial charge in [0, 0.05) is 6.54 Å². The molecule has 7 heteroatoms. The number of nitrogens with zero attached hydrogens (tertiary/aromatic N) is 1. The molecule has 1 fully saturated rings. The first-order valence-electron chi connectivity index (χ1n) is 5.98. The minimum Gasteiger partial charge on any atom is -0.359 e. The molecule has 1 saturated heterocycles. The monoisotopic (exact) mass is 286 g/mol. The molecule has 0 saturated carbocycles. The average Bonchev–Trinajstić information content (AvgIpc) is 2.37. The van der Waals surface area contributed by atoms with Gasteiger partial charge >= 0.3 is 0 Å². The minimum absolute atomic E-state index is 0.240. The molecule has 2 rings (SSSR count). The molecule has 0 spiro atoms. The number of hydrogen-bond donors (Lipinski definition) is 1. The average molecular weight is 286 g/mol. The van der Waals surface area contributed by atoms with Crippen LogP contribution in [0.2, 0.25) is 0 Å². The Morgan fingerprint density at radius 3 is 2.68 bits per heavy atom. The predicted molar refractivity (Wildman–Crippen MR) is 68.8 cm³/mol. The molecule has 1 unspecified atom stereocenters. The Bertz CT molecular complexity index is 589. The fourth-order valence-electron chi connectivity index (χ4n) is 2.30. The predicted octanol–water partition coefficient (Wildman–Crippen LogP) is 1.03. The molecule has 1 aromatic rings. The van der Waals surface area contributed by atoms with Crippen molar-refractivity contribution in [1.29, 1.82) is 0 Å². The number of aldehydes is 1. The van der Waals surface area contributed by atoms with Crippen molar-refractivity contribution in [1.82, 2.24) is 0 Å². The van der Waals surface area contributed by atoms with Crippen LogP contribution in [0.25, 0.3) is 0 Å². The fraction of sp³-hybridized carbons (Fsp3) is 0.417. The number of anilines is 1. The second-order valence-electron chi connectivity index (χ2n) is 4.55. The van der Waals surface area contributed by atoms with Crippen molar-refractivity contribution in [2.75, 3.05) is 11.4 Å². The maximum atomic E-state index is 14.0. The quantitative estimate of drug-likeness (QED) is 0.842. The Balaban J connectivity index is 2.37. The van der Waals surface area contributed by atoms with Crippen LogP contribution in [0.15, 0.2) is 23.1 Å². The normalized spacial score (nSPS) is 20.3. The number of nitrogens with two attached hydrogens (primary N) is 1. The molecule has 1 atom stereocenters. The van der Waals surface area contributed by atoms with Gasteiger partial charge in [0.05, 0.1) is 16.6 Å². The lowest BCUT2D eigenvalue weighted by atomic mass is 10.0. The summed E-state index contributed by atoms with van der Waals surface area (Å²) in [5, 5.41) is 4.94. The van der Waals surface area contributed by atoms with Crippen LogP contribution in [-0.2, 0) is 14.8 Å². The summed E-state index contributed by atoms with van der Waals surface area (Å²) in [6.07, 6.45) is 3.28. The van der Waals surface area contributed by atoms with Gasteiger partial charge in [-0.3, -0.25) is 0 Å². The van der Waals surface area contributed by atoms with Crippen molar-refractivity contribution in [3.05, 3.63) is 24.0 Å². The first-order chi connectivity index (χ1) is 8.93. The highest BCUT2D eigenvalue weighted by Gasteiger charge is 2.25. The lowest BCUT2D eigenvalue weighted by molar-refractivity contribution is -0.109. The smallest absolute Gasteiger partial charge is 0.238 e. The molecule has 1 aromatic carbocycles. The summed E-state index contributed by atoms with van der Waals surface area (Å²) >= 11 is 0. The largest absolute Gasteiger partial charge is 0.359 e. The van der Waals surface area contributed by atoms with E-state index >= 15 is 0 Å². The van der Waals surface area contributed by atoms with E-state index in [2.05, 4.69) is 0 Å². The van der Waals surface area contributed by atoms with E-state index < -0.39 is 15.8 Å². The SMILES string of the molecule is NS(=O)(=O)c1ccc(N2CCCCC2C=O)c(F)c1. The van der Waals surface area contributed by atoms with Gasteiger partial charge in [-0.05, 0) is 37.5 Å². The summed E-state index contributed by atoms with van der Waals surface area (Å²) in [6.45, 7) is 0.578. The first-order valence-corrected chi connectivity index (χ1v) is 7.52. The van der Waals surface area contributed by atoms with Gasteiger partial charge in [0.1, 0.15) is 12.1 Å². The van der Waals surface area contributed by atoms with Crippen molar-refractivity contribution in [2.45, 2.75) is 30.2 Å². The van der Waals surface area contributed by atoms with Gasteiger partial charge in [-0.25, -0.2) is 17.9 Å². The number of piperidine rings is 1. The fourth-order valence-corrected chi connectivity index (χ4v) is 2.82. The molecule has 19 heavy (non-hydrogen) atoms. The van der Waals surface area contributed by atoms with Gasteiger partial charge in [0.2, 0.25) is 10.0 Å². The van der Waals surface area contributed by atoms with Crippen molar-refractivity contribution >= 4 is 22.0 Å². The molecular formula is C12H15FN2O3S. The van der Waals surface area contributed by atoms with Gasteiger partial charge in [-0.15, -0.1) is 0 Å². The molecule has 1 aliphatic heterocycles. The number of primary sulfonamides is 1. The second-order valence-corrected chi connectivity index (χ2v) is 6.11. The zero-order valence-corrected chi connectivity index (χ0v) is 11.1. The molecule has 5 nitrogen and oxygen atoms in total. The van der Waals surface area contributed by atoms with Crippen LogP contribution in [0.5, 0.6) is 0 Å². The van der Waals surface area contributed by atoms with E-state index in [1.165, 1.54) is 12.1 Å². The highest BCUT2D eigenvalue weighted by molar-refractivity contribution is 7.89. The third kappa shape index (κ3) is 2.93. The van der Waals surface area contributed by atoms with Crippen molar-refractivity contribution in [2.24, 2.45) is 5.14 Å². The van der Waals surface area contributed by atoms with Gasteiger partial charge in [-0.1, -0.05) is 0 Å². The Morgan fingerprint density at radius 1 is 1.37 bits per heavy atom. The molecule has 0 radical (unpaired) electrons. The van der Waals surface area contributed by atoms with E-state index in [4.69, 9.17) is 5.14 Å². The molecule has 0 aromatic heterocycles. The topological polar surface area (TPSA) is 80.5 Å². The number of hydrogen-bond acceptors (Lipinski definition) is 4. The molecule has 0 amide bonds. The summed E-state index contributed by atoms with van der Waals surface area (Å²) in [6, 6.07) is 3.14. The van der Waals surface area contributed by atoms with Crippen molar-refractivity contribution < 1.29 is 17.6 Å². The van der Waals surface area contributed by atoms with Crippen LogP contribution >= 0.6 is 0 Å². The number of rotatable bonds is 3. The number of carbonyl (C=O) groups is 1. The van der Waals surface area contributed by atoms with Crippen molar-refractivity contribution in [3.63, 3.8) is 0 Å². The second kappa shape index (κ2) is 5.26. The minimum atomic E-state index is -3.92. The van der Waals surface area contributed by atoms with Crippen LogP contribution in [0.3, 0.4) is 0 Å². The first kappa shape index (κ1) is 14.0. The van der Waals surface area contributed by atoms with E-state index in [0.29, 0.717) is 13.0 Å². The van der Waals surface area contributed by atoms with E-state index in [-0.39, 0.29) is 16.6 Å². The highest BCUT2D eigenvalue weighted by atomic mass is 32.2. The lowest BCUT2D eigenvalue weighted by Gasteiger charge is -2.34. The highest BCUT2D eigenvalue weighted by Crippen LogP contribution is 2.27.